The monoisotopic (exact) mass is 224 g/mol. The van der Waals surface area contributed by atoms with Gasteiger partial charge in [0.2, 0.25) is 0 Å². The maximum Gasteiger partial charge on any atom is 0.271 e. The van der Waals surface area contributed by atoms with Crippen LogP contribution < -0.4 is 0 Å². The molecule has 0 fully saturated rings. The zero-order valence-corrected chi connectivity index (χ0v) is 9.63. The lowest BCUT2D eigenvalue weighted by atomic mass is 9.96. The molecule has 0 atom stereocenters. The fourth-order valence-electron chi connectivity index (χ4n) is 1.08. The van der Waals surface area contributed by atoms with Crippen LogP contribution in [0.5, 0.6) is 5.75 Å². The van der Waals surface area contributed by atoms with Crippen molar-refractivity contribution in [2.24, 2.45) is 0 Å². The van der Waals surface area contributed by atoms with E-state index in [4.69, 9.17) is 4.52 Å². The summed E-state index contributed by atoms with van der Waals surface area (Å²) in [5.74, 6) is 1.21. The lowest BCUT2D eigenvalue weighted by Gasteiger charge is -2.10. The van der Waals surface area contributed by atoms with Gasteiger partial charge in [-0.3, -0.25) is 0 Å². The van der Waals surface area contributed by atoms with Crippen LogP contribution in [0.2, 0.25) is 0 Å². The summed E-state index contributed by atoms with van der Waals surface area (Å²) in [5.41, 5.74) is -0.144. The Hall–Kier alpha value is -1.36. The third kappa shape index (κ3) is 1.87. The van der Waals surface area contributed by atoms with E-state index < -0.39 is 0 Å². The van der Waals surface area contributed by atoms with E-state index in [1.54, 1.807) is 11.4 Å². The molecule has 1 N–H and O–H groups in total. The summed E-state index contributed by atoms with van der Waals surface area (Å²) >= 11 is 1.38. The van der Waals surface area contributed by atoms with Crippen LogP contribution in [0.15, 0.2) is 16.0 Å². The fraction of sp³-hybridized carbons (Fsp3) is 0.400. The van der Waals surface area contributed by atoms with Crippen LogP contribution >= 0.6 is 11.3 Å². The van der Waals surface area contributed by atoms with Gasteiger partial charge in [-0.05, 0) is 11.4 Å². The smallest absolute Gasteiger partial charge is 0.271 e. The van der Waals surface area contributed by atoms with E-state index in [-0.39, 0.29) is 11.2 Å². The van der Waals surface area contributed by atoms with E-state index in [0.717, 1.165) is 0 Å². The van der Waals surface area contributed by atoms with Gasteiger partial charge in [0, 0.05) is 5.41 Å². The van der Waals surface area contributed by atoms with Gasteiger partial charge in [-0.25, -0.2) is 0 Å². The summed E-state index contributed by atoms with van der Waals surface area (Å²) in [6.45, 7) is 6.03. The molecule has 5 heteroatoms. The Balaban J connectivity index is 2.41. The first kappa shape index (κ1) is 10.2. The second-order valence-electron chi connectivity index (χ2n) is 4.31. The molecular formula is C10H12N2O2S. The zero-order valence-electron chi connectivity index (χ0n) is 8.81. The first-order valence-corrected chi connectivity index (χ1v) is 5.47. The van der Waals surface area contributed by atoms with Gasteiger partial charge in [-0.15, -0.1) is 11.3 Å². The molecule has 2 rings (SSSR count). The maximum absolute atomic E-state index is 9.50. The Bertz CT molecular complexity index is 468. The molecule has 0 aromatic carbocycles. The number of aromatic nitrogens is 2. The molecule has 0 unspecified atom stereocenters. The molecule has 0 saturated heterocycles. The molecule has 4 nitrogen and oxygen atoms in total. The van der Waals surface area contributed by atoms with E-state index in [0.29, 0.717) is 16.6 Å². The highest BCUT2D eigenvalue weighted by molar-refractivity contribution is 7.13. The van der Waals surface area contributed by atoms with Crippen LogP contribution in [0.3, 0.4) is 0 Å². The van der Waals surface area contributed by atoms with Gasteiger partial charge in [0.1, 0.15) is 10.6 Å². The van der Waals surface area contributed by atoms with Crippen molar-refractivity contribution in [1.82, 2.24) is 10.1 Å². The third-order valence-corrected chi connectivity index (χ3v) is 2.83. The minimum atomic E-state index is -0.144. The zero-order chi connectivity index (χ0) is 11.1. The summed E-state index contributed by atoms with van der Waals surface area (Å²) in [6, 6.07) is 1.61. The molecule has 0 amide bonds. The molecule has 2 aromatic rings. The average molecular weight is 224 g/mol. The van der Waals surface area contributed by atoms with Gasteiger partial charge in [0.15, 0.2) is 5.82 Å². The van der Waals surface area contributed by atoms with E-state index in [2.05, 4.69) is 10.1 Å². The summed E-state index contributed by atoms with van der Waals surface area (Å²) in [4.78, 5) is 4.88. The van der Waals surface area contributed by atoms with Gasteiger partial charge in [0.05, 0.1) is 0 Å². The molecule has 0 spiro atoms. The molecule has 0 radical (unpaired) electrons. The second-order valence-corrected chi connectivity index (χ2v) is 5.22. The van der Waals surface area contributed by atoms with Crippen molar-refractivity contribution in [3.63, 3.8) is 0 Å². The number of hydrogen-bond acceptors (Lipinski definition) is 5. The summed E-state index contributed by atoms with van der Waals surface area (Å²) in [7, 11) is 0. The largest absolute Gasteiger partial charge is 0.506 e. The number of rotatable bonds is 1. The van der Waals surface area contributed by atoms with E-state index in [1.807, 2.05) is 20.8 Å². The van der Waals surface area contributed by atoms with Crippen LogP contribution in [0.1, 0.15) is 26.6 Å². The van der Waals surface area contributed by atoms with Crippen LogP contribution in [0.4, 0.5) is 0 Å². The molecule has 2 aromatic heterocycles. The Labute approximate surface area is 91.6 Å². The van der Waals surface area contributed by atoms with E-state index >= 15 is 0 Å². The molecule has 2 heterocycles. The predicted octanol–water partition coefficient (Wildman–Crippen LogP) is 2.80. The first-order chi connectivity index (χ1) is 6.98. The number of thiophene rings is 1. The Morgan fingerprint density at radius 3 is 2.60 bits per heavy atom. The third-order valence-electron chi connectivity index (χ3n) is 1.94. The van der Waals surface area contributed by atoms with E-state index in [1.165, 1.54) is 11.3 Å². The van der Waals surface area contributed by atoms with Crippen molar-refractivity contribution in [3.8, 4) is 16.5 Å². The molecule has 0 bridgehead atoms. The fourth-order valence-corrected chi connectivity index (χ4v) is 1.79. The van der Waals surface area contributed by atoms with Crippen molar-refractivity contribution in [2.45, 2.75) is 26.2 Å². The Morgan fingerprint density at radius 2 is 2.13 bits per heavy atom. The molecule has 0 aliphatic carbocycles. The molecule has 80 valence electrons. The standard InChI is InChI=1S/C10H12N2O2S/c1-10(2,3)9-11-8(14-12-9)7-6(13)4-5-15-7/h4-5,13H,1-3H3. The minimum absolute atomic E-state index is 0.144. The Morgan fingerprint density at radius 1 is 1.40 bits per heavy atom. The van der Waals surface area contributed by atoms with Crippen molar-refractivity contribution >= 4 is 11.3 Å². The normalized spacial score (nSPS) is 11.9. The van der Waals surface area contributed by atoms with Gasteiger partial charge in [0.25, 0.3) is 5.89 Å². The number of nitrogens with zero attached hydrogens (tertiary/aromatic N) is 2. The molecule has 0 aliphatic rings. The highest BCUT2D eigenvalue weighted by atomic mass is 32.1. The topological polar surface area (TPSA) is 59.2 Å². The average Bonchev–Trinajstić information content (AvgIpc) is 2.69. The quantitative estimate of drug-likeness (QED) is 0.809. The van der Waals surface area contributed by atoms with E-state index in [9.17, 15) is 5.11 Å². The van der Waals surface area contributed by atoms with Crippen molar-refractivity contribution in [1.29, 1.82) is 0 Å². The van der Waals surface area contributed by atoms with Gasteiger partial charge < -0.3 is 9.63 Å². The van der Waals surface area contributed by atoms with Gasteiger partial charge in [-0.1, -0.05) is 25.9 Å². The van der Waals surface area contributed by atoms with Crippen molar-refractivity contribution in [2.75, 3.05) is 0 Å². The minimum Gasteiger partial charge on any atom is -0.506 e. The lowest BCUT2D eigenvalue weighted by molar-refractivity contribution is 0.400. The molecule has 0 saturated carbocycles. The highest BCUT2D eigenvalue weighted by Gasteiger charge is 2.22. The SMILES string of the molecule is CC(C)(C)c1noc(-c2sccc2O)n1. The lowest BCUT2D eigenvalue weighted by Crippen LogP contribution is -2.13. The van der Waals surface area contributed by atoms with Crippen LogP contribution in [0, 0.1) is 0 Å². The highest BCUT2D eigenvalue weighted by Crippen LogP contribution is 2.34. The van der Waals surface area contributed by atoms with Crippen LogP contribution in [0.25, 0.3) is 10.8 Å². The van der Waals surface area contributed by atoms with Crippen molar-refractivity contribution in [3.05, 3.63) is 17.3 Å². The second kappa shape index (κ2) is 3.34. The Kier molecular flexibility index (Phi) is 2.26. The molecule has 0 aliphatic heterocycles. The number of aromatic hydroxyl groups is 1. The van der Waals surface area contributed by atoms with Crippen LogP contribution in [-0.2, 0) is 5.41 Å². The molecular weight excluding hydrogens is 212 g/mol. The maximum atomic E-state index is 9.50. The summed E-state index contributed by atoms with van der Waals surface area (Å²) in [5, 5.41) is 15.2. The summed E-state index contributed by atoms with van der Waals surface area (Å²) < 4.78 is 5.11. The first-order valence-electron chi connectivity index (χ1n) is 4.59. The number of hydrogen-bond donors (Lipinski definition) is 1. The predicted molar refractivity (Wildman–Crippen MR) is 58.0 cm³/mol. The van der Waals surface area contributed by atoms with Gasteiger partial charge in [-0.2, -0.15) is 4.98 Å². The van der Waals surface area contributed by atoms with Crippen LogP contribution in [-0.4, -0.2) is 15.2 Å². The van der Waals surface area contributed by atoms with Gasteiger partial charge >= 0.3 is 0 Å². The molecule has 15 heavy (non-hydrogen) atoms. The van der Waals surface area contributed by atoms with Crippen molar-refractivity contribution < 1.29 is 9.63 Å². The summed E-state index contributed by atoms with van der Waals surface area (Å²) in [6.07, 6.45) is 0.